The molecule has 0 aromatic rings. The topological polar surface area (TPSA) is 37.3 Å². The van der Waals surface area contributed by atoms with Crippen LogP contribution in [0.3, 0.4) is 0 Å². The third-order valence-electron chi connectivity index (χ3n) is 3.69. The number of hydrogen-bond donors (Lipinski definition) is 1. The third-order valence-corrected chi connectivity index (χ3v) is 3.69. The standard InChI is InChI=1S/C16H32O2/c1-3-4-5-6-7-8-9-10-11-12-13-16(14-17)15(2)18/h14-16,18H,3-13H2,1-2H3. The molecule has 0 spiro atoms. The van der Waals surface area contributed by atoms with Crippen LogP contribution in [0.25, 0.3) is 0 Å². The molecule has 0 aliphatic rings. The van der Waals surface area contributed by atoms with Gasteiger partial charge in [-0.25, -0.2) is 0 Å². The molecular weight excluding hydrogens is 224 g/mol. The lowest BCUT2D eigenvalue weighted by atomic mass is 9.97. The van der Waals surface area contributed by atoms with Gasteiger partial charge < -0.3 is 9.90 Å². The third kappa shape index (κ3) is 10.8. The molecule has 0 radical (unpaired) electrons. The Morgan fingerprint density at radius 1 is 0.889 bits per heavy atom. The van der Waals surface area contributed by atoms with E-state index in [4.69, 9.17) is 0 Å². The van der Waals surface area contributed by atoms with Crippen LogP contribution in [0.5, 0.6) is 0 Å². The Morgan fingerprint density at radius 2 is 1.33 bits per heavy atom. The van der Waals surface area contributed by atoms with Gasteiger partial charge in [-0.05, 0) is 13.3 Å². The molecule has 0 aliphatic carbocycles. The number of unbranched alkanes of at least 4 members (excludes halogenated alkanes) is 9. The molecule has 2 unspecified atom stereocenters. The van der Waals surface area contributed by atoms with Crippen LogP contribution in [0, 0.1) is 5.92 Å². The highest BCUT2D eigenvalue weighted by Crippen LogP contribution is 2.14. The Kier molecular flexibility index (Phi) is 12.8. The van der Waals surface area contributed by atoms with Gasteiger partial charge in [0.2, 0.25) is 0 Å². The molecule has 1 N–H and O–H groups in total. The van der Waals surface area contributed by atoms with Gasteiger partial charge in [-0.15, -0.1) is 0 Å². The molecule has 0 heterocycles. The quantitative estimate of drug-likeness (QED) is 0.389. The van der Waals surface area contributed by atoms with Gasteiger partial charge in [-0.2, -0.15) is 0 Å². The van der Waals surface area contributed by atoms with Crippen LogP contribution in [0.2, 0.25) is 0 Å². The van der Waals surface area contributed by atoms with Crippen LogP contribution < -0.4 is 0 Å². The number of aldehydes is 1. The zero-order valence-corrected chi connectivity index (χ0v) is 12.4. The van der Waals surface area contributed by atoms with Crippen LogP contribution in [0.15, 0.2) is 0 Å². The minimum Gasteiger partial charge on any atom is -0.393 e. The molecule has 108 valence electrons. The molecule has 0 bridgehead atoms. The number of hydrogen-bond acceptors (Lipinski definition) is 2. The molecule has 0 saturated heterocycles. The molecule has 0 saturated carbocycles. The fourth-order valence-electron chi connectivity index (χ4n) is 2.29. The maximum Gasteiger partial charge on any atom is 0.125 e. The van der Waals surface area contributed by atoms with E-state index < -0.39 is 6.10 Å². The predicted octanol–water partition coefficient (Wildman–Crippen LogP) is 4.49. The summed E-state index contributed by atoms with van der Waals surface area (Å²) in [5, 5.41) is 9.32. The SMILES string of the molecule is CCCCCCCCCCCCC(C=O)C(C)O. The van der Waals surface area contributed by atoms with E-state index in [0.717, 1.165) is 19.1 Å². The summed E-state index contributed by atoms with van der Waals surface area (Å²) >= 11 is 0. The Labute approximate surface area is 113 Å². The lowest BCUT2D eigenvalue weighted by Crippen LogP contribution is -2.17. The fourth-order valence-corrected chi connectivity index (χ4v) is 2.29. The zero-order chi connectivity index (χ0) is 13.6. The summed E-state index contributed by atoms with van der Waals surface area (Å²) < 4.78 is 0. The Bertz CT molecular complexity index is 178. The molecule has 2 atom stereocenters. The second kappa shape index (κ2) is 13.1. The second-order valence-corrected chi connectivity index (χ2v) is 5.51. The van der Waals surface area contributed by atoms with Gasteiger partial charge in [0.1, 0.15) is 6.29 Å². The minimum absolute atomic E-state index is 0.154. The van der Waals surface area contributed by atoms with Crippen molar-refractivity contribution in [3.63, 3.8) is 0 Å². The van der Waals surface area contributed by atoms with Crippen molar-refractivity contribution in [3.05, 3.63) is 0 Å². The average Bonchev–Trinajstić information content (AvgIpc) is 2.35. The van der Waals surface area contributed by atoms with Crippen molar-refractivity contribution in [3.8, 4) is 0 Å². The van der Waals surface area contributed by atoms with Gasteiger partial charge in [0, 0.05) is 5.92 Å². The van der Waals surface area contributed by atoms with E-state index in [1.165, 1.54) is 57.8 Å². The van der Waals surface area contributed by atoms with Crippen molar-refractivity contribution in [2.24, 2.45) is 5.92 Å². The molecule has 0 aromatic heterocycles. The first-order chi connectivity index (χ1) is 8.72. The smallest absolute Gasteiger partial charge is 0.125 e. The maximum atomic E-state index is 10.7. The highest BCUT2D eigenvalue weighted by molar-refractivity contribution is 5.54. The summed E-state index contributed by atoms with van der Waals surface area (Å²) in [6.45, 7) is 3.95. The van der Waals surface area contributed by atoms with Crippen LogP contribution in [0.1, 0.15) is 84.5 Å². The Hall–Kier alpha value is -0.370. The summed E-state index contributed by atoms with van der Waals surface area (Å²) in [7, 11) is 0. The van der Waals surface area contributed by atoms with Gasteiger partial charge in [0.25, 0.3) is 0 Å². The van der Waals surface area contributed by atoms with E-state index in [0.29, 0.717) is 0 Å². The van der Waals surface area contributed by atoms with Gasteiger partial charge in [-0.1, -0.05) is 71.1 Å². The lowest BCUT2D eigenvalue weighted by molar-refractivity contribution is -0.114. The fraction of sp³-hybridized carbons (Fsp3) is 0.938. The first kappa shape index (κ1) is 17.6. The lowest BCUT2D eigenvalue weighted by Gasteiger charge is -2.12. The van der Waals surface area contributed by atoms with Gasteiger partial charge in [0.15, 0.2) is 0 Å². The highest BCUT2D eigenvalue weighted by atomic mass is 16.3. The van der Waals surface area contributed by atoms with Crippen molar-refractivity contribution in [1.82, 2.24) is 0 Å². The largest absolute Gasteiger partial charge is 0.393 e. The van der Waals surface area contributed by atoms with Crippen LogP contribution >= 0.6 is 0 Å². The Balaban J connectivity index is 3.18. The summed E-state index contributed by atoms with van der Waals surface area (Å²) in [4.78, 5) is 10.7. The number of carbonyl (C=O) groups excluding carboxylic acids is 1. The van der Waals surface area contributed by atoms with Crippen molar-refractivity contribution in [2.45, 2.75) is 90.6 Å². The van der Waals surface area contributed by atoms with Crippen molar-refractivity contribution >= 4 is 6.29 Å². The van der Waals surface area contributed by atoms with Crippen molar-refractivity contribution in [2.75, 3.05) is 0 Å². The highest BCUT2D eigenvalue weighted by Gasteiger charge is 2.12. The number of carbonyl (C=O) groups is 1. The van der Waals surface area contributed by atoms with E-state index in [2.05, 4.69) is 6.92 Å². The molecule has 0 fully saturated rings. The predicted molar refractivity (Wildman–Crippen MR) is 77.7 cm³/mol. The van der Waals surface area contributed by atoms with Gasteiger partial charge >= 0.3 is 0 Å². The molecule has 0 aliphatic heterocycles. The number of rotatable bonds is 13. The molecule has 0 aromatic carbocycles. The molecule has 18 heavy (non-hydrogen) atoms. The van der Waals surface area contributed by atoms with E-state index >= 15 is 0 Å². The minimum atomic E-state index is -0.485. The van der Waals surface area contributed by atoms with Crippen LogP contribution in [-0.2, 0) is 4.79 Å². The number of aliphatic hydroxyl groups is 1. The summed E-state index contributed by atoms with van der Waals surface area (Å²) in [5.41, 5.74) is 0. The summed E-state index contributed by atoms with van der Waals surface area (Å²) in [6, 6.07) is 0. The van der Waals surface area contributed by atoms with Crippen molar-refractivity contribution in [1.29, 1.82) is 0 Å². The molecule has 0 rings (SSSR count). The second-order valence-electron chi connectivity index (χ2n) is 5.51. The first-order valence-corrected chi connectivity index (χ1v) is 7.85. The zero-order valence-electron chi connectivity index (χ0n) is 12.4. The molecule has 2 nitrogen and oxygen atoms in total. The maximum absolute atomic E-state index is 10.7. The summed E-state index contributed by atoms with van der Waals surface area (Å²) in [6.07, 6.45) is 14.4. The average molecular weight is 256 g/mol. The van der Waals surface area contributed by atoms with E-state index in [-0.39, 0.29) is 5.92 Å². The normalized spacial score (nSPS) is 14.4. The van der Waals surface area contributed by atoms with E-state index in [9.17, 15) is 9.90 Å². The molecular formula is C16H32O2. The van der Waals surface area contributed by atoms with E-state index in [1.54, 1.807) is 6.92 Å². The van der Waals surface area contributed by atoms with Gasteiger partial charge in [-0.3, -0.25) is 0 Å². The van der Waals surface area contributed by atoms with Crippen LogP contribution in [0.4, 0.5) is 0 Å². The van der Waals surface area contributed by atoms with Gasteiger partial charge in [0.05, 0.1) is 6.10 Å². The molecule has 2 heteroatoms. The van der Waals surface area contributed by atoms with E-state index in [1.807, 2.05) is 0 Å². The first-order valence-electron chi connectivity index (χ1n) is 7.85. The van der Waals surface area contributed by atoms with Crippen LogP contribution in [-0.4, -0.2) is 17.5 Å². The monoisotopic (exact) mass is 256 g/mol. The molecule has 0 amide bonds. The summed E-state index contributed by atoms with van der Waals surface area (Å²) in [5.74, 6) is -0.154. The number of aliphatic hydroxyl groups excluding tert-OH is 1. The van der Waals surface area contributed by atoms with Crippen molar-refractivity contribution < 1.29 is 9.90 Å². The Morgan fingerprint density at radius 3 is 1.72 bits per heavy atom.